The SMILES string of the molecule is CN(C)c1cccc(NC(=O)C(=O)N(c2ccccc2)c2ccc(N)cc2)c1. The molecule has 6 nitrogen and oxygen atoms in total. The van der Waals surface area contributed by atoms with Crippen molar-refractivity contribution in [3.05, 3.63) is 78.9 Å². The Bertz CT molecular complexity index is 969. The largest absolute Gasteiger partial charge is 0.399 e. The maximum atomic E-state index is 13.0. The first-order valence-corrected chi connectivity index (χ1v) is 8.79. The van der Waals surface area contributed by atoms with E-state index in [1.165, 1.54) is 4.90 Å². The molecule has 0 heterocycles. The zero-order chi connectivity index (χ0) is 20.1. The van der Waals surface area contributed by atoms with Crippen molar-refractivity contribution in [1.82, 2.24) is 0 Å². The lowest BCUT2D eigenvalue weighted by Gasteiger charge is -2.22. The molecule has 3 rings (SSSR count). The number of hydrogen-bond donors (Lipinski definition) is 2. The van der Waals surface area contributed by atoms with Gasteiger partial charge in [0, 0.05) is 42.5 Å². The first-order valence-electron chi connectivity index (χ1n) is 8.79. The van der Waals surface area contributed by atoms with Crippen LogP contribution in [0.15, 0.2) is 78.9 Å². The molecule has 6 heteroatoms. The van der Waals surface area contributed by atoms with Crippen LogP contribution in [0.1, 0.15) is 0 Å². The van der Waals surface area contributed by atoms with Gasteiger partial charge in [0.1, 0.15) is 0 Å². The summed E-state index contributed by atoms with van der Waals surface area (Å²) < 4.78 is 0. The van der Waals surface area contributed by atoms with E-state index in [0.717, 1.165) is 5.69 Å². The highest BCUT2D eigenvalue weighted by atomic mass is 16.2. The second-order valence-electron chi connectivity index (χ2n) is 6.47. The number of nitrogen functional groups attached to an aromatic ring is 1. The van der Waals surface area contributed by atoms with Gasteiger partial charge in [-0.05, 0) is 54.6 Å². The average molecular weight is 374 g/mol. The number of para-hydroxylation sites is 1. The number of nitrogens with two attached hydrogens (primary N) is 1. The number of nitrogens with one attached hydrogen (secondary N) is 1. The Balaban J connectivity index is 1.89. The highest BCUT2D eigenvalue weighted by Crippen LogP contribution is 2.27. The quantitative estimate of drug-likeness (QED) is 0.540. The molecule has 0 aliphatic heterocycles. The highest BCUT2D eigenvalue weighted by molar-refractivity contribution is 6.45. The molecule has 0 radical (unpaired) electrons. The summed E-state index contributed by atoms with van der Waals surface area (Å²) in [5.41, 5.74) is 8.95. The normalized spacial score (nSPS) is 10.2. The van der Waals surface area contributed by atoms with Gasteiger partial charge in [0.2, 0.25) is 0 Å². The standard InChI is InChI=1S/C22H22N4O2/c1-25(2)20-10-6-7-17(15-20)24-21(27)22(28)26(18-8-4-3-5-9-18)19-13-11-16(23)12-14-19/h3-15H,23H2,1-2H3,(H,24,27). The van der Waals surface area contributed by atoms with Crippen LogP contribution in [0.3, 0.4) is 0 Å². The van der Waals surface area contributed by atoms with Crippen molar-refractivity contribution in [2.75, 3.05) is 34.9 Å². The lowest BCUT2D eigenvalue weighted by atomic mass is 10.2. The van der Waals surface area contributed by atoms with Crippen LogP contribution in [0, 0.1) is 0 Å². The van der Waals surface area contributed by atoms with Crippen LogP contribution in [0.25, 0.3) is 0 Å². The van der Waals surface area contributed by atoms with Crippen LogP contribution in [0.5, 0.6) is 0 Å². The van der Waals surface area contributed by atoms with Crippen molar-refractivity contribution in [3.63, 3.8) is 0 Å². The van der Waals surface area contributed by atoms with E-state index in [0.29, 0.717) is 22.7 Å². The third-order valence-corrected chi connectivity index (χ3v) is 4.18. The summed E-state index contributed by atoms with van der Waals surface area (Å²) >= 11 is 0. The van der Waals surface area contributed by atoms with Gasteiger partial charge >= 0.3 is 11.8 Å². The van der Waals surface area contributed by atoms with Crippen molar-refractivity contribution in [2.45, 2.75) is 0 Å². The maximum absolute atomic E-state index is 13.0. The summed E-state index contributed by atoms with van der Waals surface area (Å²) in [6.45, 7) is 0. The maximum Gasteiger partial charge on any atom is 0.321 e. The Morgan fingerprint density at radius 3 is 2.04 bits per heavy atom. The molecule has 0 aliphatic rings. The second kappa shape index (κ2) is 8.26. The van der Waals surface area contributed by atoms with E-state index in [1.807, 2.05) is 49.3 Å². The molecule has 2 amide bonds. The first-order chi connectivity index (χ1) is 13.5. The minimum absolute atomic E-state index is 0.551. The number of benzene rings is 3. The first kappa shape index (κ1) is 19.0. The Kier molecular flexibility index (Phi) is 5.60. The molecule has 0 saturated heterocycles. The van der Waals surface area contributed by atoms with Crippen molar-refractivity contribution in [2.24, 2.45) is 0 Å². The van der Waals surface area contributed by atoms with E-state index in [2.05, 4.69) is 5.32 Å². The monoisotopic (exact) mass is 374 g/mol. The lowest BCUT2D eigenvalue weighted by Crippen LogP contribution is -2.36. The fraction of sp³-hybridized carbons (Fsp3) is 0.0909. The third-order valence-electron chi connectivity index (χ3n) is 4.18. The molecule has 142 valence electrons. The molecule has 0 atom stereocenters. The zero-order valence-electron chi connectivity index (χ0n) is 15.8. The van der Waals surface area contributed by atoms with E-state index >= 15 is 0 Å². The number of amides is 2. The van der Waals surface area contributed by atoms with Crippen LogP contribution in [-0.4, -0.2) is 25.9 Å². The van der Waals surface area contributed by atoms with Gasteiger partial charge in [0.15, 0.2) is 0 Å². The van der Waals surface area contributed by atoms with Gasteiger partial charge in [-0.1, -0.05) is 24.3 Å². The summed E-state index contributed by atoms with van der Waals surface area (Å²) in [5, 5.41) is 2.69. The van der Waals surface area contributed by atoms with Crippen LogP contribution >= 0.6 is 0 Å². The highest BCUT2D eigenvalue weighted by Gasteiger charge is 2.25. The van der Waals surface area contributed by atoms with Gasteiger partial charge in [-0.25, -0.2) is 0 Å². The number of anilines is 5. The number of carbonyl (C=O) groups is 2. The van der Waals surface area contributed by atoms with E-state index in [-0.39, 0.29) is 0 Å². The number of carbonyl (C=O) groups excluding carboxylic acids is 2. The number of nitrogens with zero attached hydrogens (tertiary/aromatic N) is 2. The minimum atomic E-state index is -0.725. The number of hydrogen-bond acceptors (Lipinski definition) is 4. The molecule has 3 aromatic carbocycles. The fourth-order valence-corrected chi connectivity index (χ4v) is 2.73. The Morgan fingerprint density at radius 1 is 0.786 bits per heavy atom. The summed E-state index contributed by atoms with van der Waals surface area (Å²) in [4.78, 5) is 29.0. The Labute approximate surface area is 164 Å². The van der Waals surface area contributed by atoms with Crippen LogP contribution in [0.4, 0.5) is 28.4 Å². The van der Waals surface area contributed by atoms with E-state index in [9.17, 15) is 9.59 Å². The van der Waals surface area contributed by atoms with Gasteiger partial charge in [0.25, 0.3) is 0 Å². The predicted octanol–water partition coefficient (Wildman–Crippen LogP) is 3.64. The van der Waals surface area contributed by atoms with Crippen molar-refractivity contribution in [3.8, 4) is 0 Å². The minimum Gasteiger partial charge on any atom is -0.399 e. The van der Waals surface area contributed by atoms with Crippen molar-refractivity contribution < 1.29 is 9.59 Å². The molecule has 0 aliphatic carbocycles. The number of rotatable bonds is 4. The summed E-state index contributed by atoms with van der Waals surface area (Å²) in [6, 6.07) is 23.1. The summed E-state index contributed by atoms with van der Waals surface area (Å²) in [7, 11) is 3.81. The Morgan fingerprint density at radius 2 is 1.39 bits per heavy atom. The molecule has 3 N–H and O–H groups in total. The zero-order valence-corrected chi connectivity index (χ0v) is 15.8. The van der Waals surface area contributed by atoms with E-state index in [1.54, 1.807) is 48.5 Å². The molecular formula is C22H22N4O2. The van der Waals surface area contributed by atoms with E-state index in [4.69, 9.17) is 5.73 Å². The molecule has 28 heavy (non-hydrogen) atoms. The van der Waals surface area contributed by atoms with E-state index < -0.39 is 11.8 Å². The summed E-state index contributed by atoms with van der Waals surface area (Å²) in [6.07, 6.45) is 0. The van der Waals surface area contributed by atoms with Gasteiger partial charge in [-0.15, -0.1) is 0 Å². The van der Waals surface area contributed by atoms with Crippen molar-refractivity contribution >= 4 is 40.3 Å². The molecule has 0 saturated carbocycles. The Hall–Kier alpha value is -3.80. The van der Waals surface area contributed by atoms with Gasteiger partial charge in [-0.3, -0.25) is 14.5 Å². The molecule has 0 bridgehead atoms. The molecule has 3 aromatic rings. The van der Waals surface area contributed by atoms with Crippen LogP contribution in [0.2, 0.25) is 0 Å². The molecule has 0 unspecified atom stereocenters. The second-order valence-corrected chi connectivity index (χ2v) is 6.47. The molecule has 0 aromatic heterocycles. The van der Waals surface area contributed by atoms with Gasteiger partial charge < -0.3 is 16.0 Å². The fourth-order valence-electron chi connectivity index (χ4n) is 2.73. The lowest BCUT2D eigenvalue weighted by molar-refractivity contribution is -0.134. The van der Waals surface area contributed by atoms with Crippen molar-refractivity contribution in [1.29, 1.82) is 0 Å². The molecule has 0 spiro atoms. The predicted molar refractivity (Wildman–Crippen MR) is 114 cm³/mol. The third kappa shape index (κ3) is 4.29. The van der Waals surface area contributed by atoms with Gasteiger partial charge in [-0.2, -0.15) is 0 Å². The smallest absolute Gasteiger partial charge is 0.321 e. The summed E-state index contributed by atoms with van der Waals surface area (Å²) in [5.74, 6) is -1.41. The average Bonchev–Trinajstić information content (AvgIpc) is 2.70. The molecule has 0 fully saturated rings. The van der Waals surface area contributed by atoms with Crippen LogP contribution < -0.4 is 20.9 Å². The van der Waals surface area contributed by atoms with Gasteiger partial charge in [0.05, 0.1) is 0 Å². The van der Waals surface area contributed by atoms with Crippen LogP contribution in [-0.2, 0) is 9.59 Å². The topological polar surface area (TPSA) is 78.7 Å². The molecular weight excluding hydrogens is 352 g/mol.